The number of para-hydroxylation sites is 1. The molecule has 2 aromatic carbocycles. The zero-order valence-corrected chi connectivity index (χ0v) is 11.0. The molecule has 5 heteroatoms. The summed E-state index contributed by atoms with van der Waals surface area (Å²) < 4.78 is 0. The van der Waals surface area contributed by atoms with E-state index in [1.165, 1.54) is 6.07 Å². The van der Waals surface area contributed by atoms with Crippen molar-refractivity contribution in [3.05, 3.63) is 53.6 Å². The molecule has 0 atom stereocenters. The van der Waals surface area contributed by atoms with Crippen LogP contribution in [0, 0.1) is 11.3 Å². The molecule has 0 aliphatic heterocycles. The van der Waals surface area contributed by atoms with Crippen LogP contribution in [0.2, 0.25) is 0 Å². The number of hydrogen-bond donors (Lipinski definition) is 2. The Bertz CT molecular complexity index is 703. The molecule has 0 saturated heterocycles. The second-order valence-electron chi connectivity index (χ2n) is 4.33. The van der Waals surface area contributed by atoms with Gasteiger partial charge in [0.05, 0.1) is 22.6 Å². The molecule has 2 rings (SSSR count). The molecule has 0 aromatic heterocycles. The molecule has 0 radical (unpaired) electrons. The van der Waals surface area contributed by atoms with E-state index in [4.69, 9.17) is 16.7 Å². The van der Waals surface area contributed by atoms with Gasteiger partial charge < -0.3 is 16.4 Å². The monoisotopic (exact) mass is 266 g/mol. The number of amides is 1. The smallest absolute Gasteiger partial charge is 0.248 e. The molecule has 100 valence electrons. The number of hydrogen-bond acceptors (Lipinski definition) is 4. The van der Waals surface area contributed by atoms with Crippen LogP contribution in [0.4, 0.5) is 17.1 Å². The first-order chi connectivity index (χ1) is 9.54. The molecule has 0 bridgehead atoms. The summed E-state index contributed by atoms with van der Waals surface area (Å²) in [5, 5.41) is 9.13. The molecule has 0 heterocycles. The predicted octanol–water partition coefficient (Wildman–Crippen LogP) is 2.01. The van der Waals surface area contributed by atoms with Gasteiger partial charge in [0.1, 0.15) is 6.07 Å². The minimum absolute atomic E-state index is 0.355. The van der Waals surface area contributed by atoms with Crippen LogP contribution in [0.5, 0.6) is 0 Å². The Morgan fingerprint density at radius 3 is 2.50 bits per heavy atom. The maximum Gasteiger partial charge on any atom is 0.248 e. The zero-order chi connectivity index (χ0) is 14.7. The van der Waals surface area contributed by atoms with E-state index in [1.54, 1.807) is 29.2 Å². The Morgan fingerprint density at radius 2 is 1.90 bits per heavy atom. The molecule has 4 N–H and O–H groups in total. The Balaban J connectivity index is 2.46. The van der Waals surface area contributed by atoms with Gasteiger partial charge in [-0.1, -0.05) is 12.1 Å². The normalized spacial score (nSPS) is 9.80. The summed E-state index contributed by atoms with van der Waals surface area (Å²) in [5.41, 5.74) is 14.0. The largest absolute Gasteiger partial charge is 0.397 e. The van der Waals surface area contributed by atoms with Gasteiger partial charge in [0.15, 0.2) is 0 Å². The van der Waals surface area contributed by atoms with Gasteiger partial charge in [0.2, 0.25) is 5.91 Å². The fraction of sp³-hybridized carbons (Fsp3) is 0.0667. The first-order valence-electron chi connectivity index (χ1n) is 5.96. The number of nitrogen functional groups attached to an aromatic ring is 1. The van der Waals surface area contributed by atoms with E-state index in [0.717, 1.165) is 5.69 Å². The van der Waals surface area contributed by atoms with Gasteiger partial charge in [-0.05, 0) is 30.3 Å². The van der Waals surface area contributed by atoms with Crippen molar-refractivity contribution in [1.82, 2.24) is 0 Å². The molecular formula is C15H14N4O. The van der Waals surface area contributed by atoms with Crippen LogP contribution >= 0.6 is 0 Å². The van der Waals surface area contributed by atoms with E-state index in [0.29, 0.717) is 22.5 Å². The SMILES string of the molecule is CN(c1ccc(C(N)=O)cc1N)c1ccccc1C#N. The van der Waals surface area contributed by atoms with Crippen LogP contribution in [0.3, 0.4) is 0 Å². The number of nitrogens with two attached hydrogens (primary N) is 2. The van der Waals surface area contributed by atoms with Crippen LogP contribution in [0.15, 0.2) is 42.5 Å². The highest BCUT2D eigenvalue weighted by Gasteiger charge is 2.12. The van der Waals surface area contributed by atoms with Crippen LogP contribution in [0.25, 0.3) is 0 Å². The van der Waals surface area contributed by atoms with Crippen molar-refractivity contribution in [1.29, 1.82) is 5.26 Å². The topological polar surface area (TPSA) is 96.1 Å². The zero-order valence-electron chi connectivity index (χ0n) is 11.0. The third-order valence-electron chi connectivity index (χ3n) is 3.06. The van der Waals surface area contributed by atoms with Gasteiger partial charge in [0, 0.05) is 12.6 Å². The summed E-state index contributed by atoms with van der Waals surface area (Å²) in [4.78, 5) is 12.9. The second-order valence-corrected chi connectivity index (χ2v) is 4.33. The highest BCUT2D eigenvalue weighted by molar-refractivity contribution is 5.95. The number of rotatable bonds is 3. The van der Waals surface area contributed by atoms with Crippen LogP contribution in [-0.2, 0) is 0 Å². The summed E-state index contributed by atoms with van der Waals surface area (Å²) >= 11 is 0. The maximum atomic E-state index is 11.1. The Morgan fingerprint density at radius 1 is 1.20 bits per heavy atom. The Labute approximate surface area is 117 Å². The van der Waals surface area contributed by atoms with E-state index < -0.39 is 5.91 Å². The Kier molecular flexibility index (Phi) is 3.58. The molecule has 1 amide bonds. The molecule has 20 heavy (non-hydrogen) atoms. The molecule has 0 aliphatic rings. The van der Waals surface area contributed by atoms with Gasteiger partial charge in [-0.3, -0.25) is 4.79 Å². The van der Waals surface area contributed by atoms with Crippen molar-refractivity contribution in [2.75, 3.05) is 17.7 Å². The third-order valence-corrected chi connectivity index (χ3v) is 3.06. The average Bonchev–Trinajstić information content (AvgIpc) is 2.46. The van der Waals surface area contributed by atoms with Crippen molar-refractivity contribution >= 4 is 23.0 Å². The number of carbonyl (C=O) groups is 1. The fourth-order valence-corrected chi connectivity index (χ4v) is 2.00. The number of nitrogens with zero attached hydrogens (tertiary/aromatic N) is 2. The van der Waals surface area contributed by atoms with Crippen molar-refractivity contribution in [3.8, 4) is 6.07 Å². The number of primary amides is 1. The summed E-state index contributed by atoms with van der Waals surface area (Å²) in [6.07, 6.45) is 0. The van der Waals surface area contributed by atoms with Crippen LogP contribution < -0.4 is 16.4 Å². The van der Waals surface area contributed by atoms with Gasteiger partial charge in [-0.2, -0.15) is 5.26 Å². The molecule has 0 fully saturated rings. The number of carbonyl (C=O) groups excluding carboxylic acids is 1. The highest BCUT2D eigenvalue weighted by atomic mass is 16.1. The lowest BCUT2D eigenvalue weighted by Gasteiger charge is -2.22. The summed E-state index contributed by atoms with van der Waals surface area (Å²) in [5.74, 6) is -0.525. The minimum atomic E-state index is -0.525. The molecule has 0 saturated carbocycles. The highest BCUT2D eigenvalue weighted by Crippen LogP contribution is 2.31. The second kappa shape index (κ2) is 5.33. The van der Waals surface area contributed by atoms with Crippen molar-refractivity contribution in [3.63, 3.8) is 0 Å². The van der Waals surface area contributed by atoms with E-state index in [-0.39, 0.29) is 0 Å². The molecule has 5 nitrogen and oxygen atoms in total. The Hall–Kier alpha value is -3.00. The van der Waals surface area contributed by atoms with Crippen molar-refractivity contribution in [2.24, 2.45) is 5.73 Å². The van der Waals surface area contributed by atoms with E-state index in [9.17, 15) is 4.79 Å². The summed E-state index contributed by atoms with van der Waals surface area (Å²) in [7, 11) is 1.81. The van der Waals surface area contributed by atoms with Gasteiger partial charge >= 0.3 is 0 Å². The lowest BCUT2D eigenvalue weighted by molar-refractivity contribution is 0.100. The lowest BCUT2D eigenvalue weighted by atomic mass is 10.1. The van der Waals surface area contributed by atoms with Gasteiger partial charge in [-0.25, -0.2) is 0 Å². The molecule has 0 unspecified atom stereocenters. The average molecular weight is 266 g/mol. The minimum Gasteiger partial charge on any atom is -0.397 e. The summed E-state index contributed by atoms with van der Waals surface area (Å²) in [6.45, 7) is 0. The van der Waals surface area contributed by atoms with Crippen LogP contribution in [-0.4, -0.2) is 13.0 Å². The molecule has 2 aromatic rings. The van der Waals surface area contributed by atoms with Gasteiger partial charge in [0.25, 0.3) is 0 Å². The molecule has 0 aliphatic carbocycles. The quantitative estimate of drug-likeness (QED) is 0.830. The maximum absolute atomic E-state index is 11.1. The predicted molar refractivity (Wildman–Crippen MR) is 78.6 cm³/mol. The number of anilines is 3. The van der Waals surface area contributed by atoms with Crippen molar-refractivity contribution in [2.45, 2.75) is 0 Å². The first-order valence-corrected chi connectivity index (χ1v) is 5.96. The number of benzene rings is 2. The van der Waals surface area contributed by atoms with E-state index in [2.05, 4.69) is 6.07 Å². The third kappa shape index (κ3) is 2.40. The lowest BCUT2D eigenvalue weighted by Crippen LogP contribution is -2.15. The molecule has 0 spiro atoms. The van der Waals surface area contributed by atoms with E-state index >= 15 is 0 Å². The van der Waals surface area contributed by atoms with Crippen LogP contribution in [0.1, 0.15) is 15.9 Å². The number of nitriles is 1. The van der Waals surface area contributed by atoms with Crippen molar-refractivity contribution < 1.29 is 4.79 Å². The standard InChI is InChI=1S/C15H14N4O/c1-19(13-5-3-2-4-11(13)9-16)14-7-6-10(15(18)20)8-12(14)17/h2-8H,17H2,1H3,(H2,18,20). The first kappa shape index (κ1) is 13.4. The fourth-order valence-electron chi connectivity index (χ4n) is 2.00. The molecular weight excluding hydrogens is 252 g/mol. The van der Waals surface area contributed by atoms with E-state index in [1.807, 2.05) is 19.2 Å². The van der Waals surface area contributed by atoms with Gasteiger partial charge in [-0.15, -0.1) is 0 Å². The summed E-state index contributed by atoms with van der Waals surface area (Å²) in [6, 6.07) is 14.2.